The van der Waals surface area contributed by atoms with Crippen LogP contribution in [0.2, 0.25) is 0 Å². The van der Waals surface area contributed by atoms with Gasteiger partial charge in [0, 0.05) is 18.2 Å². The van der Waals surface area contributed by atoms with Crippen LogP contribution in [-0.4, -0.2) is 20.3 Å². The molecule has 3 heteroatoms. The maximum atomic E-state index is 5.74. The Bertz CT molecular complexity index is 326. The lowest BCUT2D eigenvalue weighted by molar-refractivity contribution is 0.310. The van der Waals surface area contributed by atoms with Gasteiger partial charge in [-0.3, -0.25) is 0 Å². The zero-order valence-corrected chi connectivity index (χ0v) is 11.1. The summed E-state index contributed by atoms with van der Waals surface area (Å²) in [5, 5.41) is 3.38. The van der Waals surface area contributed by atoms with Crippen molar-refractivity contribution in [2.24, 2.45) is 0 Å². The topological polar surface area (TPSA) is 30.5 Å². The average Bonchev–Trinajstić information content (AvgIpc) is 2.37. The van der Waals surface area contributed by atoms with Gasteiger partial charge in [-0.25, -0.2) is 0 Å². The van der Waals surface area contributed by atoms with Crippen molar-refractivity contribution in [3.63, 3.8) is 0 Å². The molecule has 0 aromatic heterocycles. The summed E-state index contributed by atoms with van der Waals surface area (Å²) in [5.41, 5.74) is 1.19. The van der Waals surface area contributed by atoms with E-state index in [1.165, 1.54) is 5.56 Å². The van der Waals surface area contributed by atoms with Crippen LogP contribution in [0.5, 0.6) is 11.5 Å². The van der Waals surface area contributed by atoms with Crippen molar-refractivity contribution in [1.29, 1.82) is 0 Å². The number of benzene rings is 1. The van der Waals surface area contributed by atoms with Crippen molar-refractivity contribution < 1.29 is 9.47 Å². The van der Waals surface area contributed by atoms with Crippen molar-refractivity contribution in [1.82, 2.24) is 5.32 Å². The molecule has 0 spiro atoms. The zero-order valence-electron chi connectivity index (χ0n) is 11.1. The van der Waals surface area contributed by atoms with E-state index in [-0.39, 0.29) is 0 Å². The molecule has 1 N–H and O–H groups in total. The molecule has 1 aromatic carbocycles. The zero-order chi connectivity index (χ0) is 12.5. The highest BCUT2D eigenvalue weighted by Crippen LogP contribution is 2.24. The molecular formula is C14H23NO2. The van der Waals surface area contributed by atoms with Crippen LogP contribution in [0.15, 0.2) is 18.2 Å². The lowest BCUT2D eigenvalue weighted by Crippen LogP contribution is -2.14. The van der Waals surface area contributed by atoms with Crippen molar-refractivity contribution in [2.45, 2.75) is 33.2 Å². The molecule has 1 rings (SSSR count). The van der Waals surface area contributed by atoms with Gasteiger partial charge in [0.15, 0.2) is 0 Å². The van der Waals surface area contributed by atoms with Crippen LogP contribution >= 0.6 is 0 Å². The molecule has 0 fully saturated rings. The van der Waals surface area contributed by atoms with Crippen LogP contribution in [0.3, 0.4) is 0 Å². The van der Waals surface area contributed by atoms with Crippen LogP contribution in [-0.2, 0) is 6.54 Å². The van der Waals surface area contributed by atoms with E-state index in [4.69, 9.17) is 9.47 Å². The summed E-state index contributed by atoms with van der Waals surface area (Å²) in [4.78, 5) is 0. The van der Waals surface area contributed by atoms with Crippen molar-refractivity contribution in [3.8, 4) is 11.5 Å². The van der Waals surface area contributed by atoms with E-state index in [9.17, 15) is 0 Å². The van der Waals surface area contributed by atoms with Crippen molar-refractivity contribution in [2.75, 3.05) is 20.3 Å². The predicted octanol–water partition coefficient (Wildman–Crippen LogP) is 2.98. The minimum Gasteiger partial charge on any atom is -0.497 e. The molecule has 0 unspecified atom stereocenters. The number of nitrogens with one attached hydrogen (secondary N) is 1. The fourth-order valence-corrected chi connectivity index (χ4v) is 1.55. The molecule has 0 aliphatic carbocycles. The Hall–Kier alpha value is -1.22. The van der Waals surface area contributed by atoms with Gasteiger partial charge < -0.3 is 14.8 Å². The summed E-state index contributed by atoms with van der Waals surface area (Å²) in [6.45, 7) is 6.88. The first-order valence-electron chi connectivity index (χ1n) is 6.32. The van der Waals surface area contributed by atoms with Crippen LogP contribution in [0.4, 0.5) is 0 Å². The third-order valence-corrected chi connectivity index (χ3v) is 2.48. The van der Waals surface area contributed by atoms with Crippen LogP contribution in [0.1, 0.15) is 32.3 Å². The highest BCUT2D eigenvalue weighted by atomic mass is 16.5. The average molecular weight is 237 g/mol. The molecular weight excluding hydrogens is 214 g/mol. The minimum absolute atomic E-state index is 0.744. The fourth-order valence-electron chi connectivity index (χ4n) is 1.55. The van der Waals surface area contributed by atoms with Gasteiger partial charge >= 0.3 is 0 Å². The quantitative estimate of drug-likeness (QED) is 0.705. The second-order valence-corrected chi connectivity index (χ2v) is 4.00. The Morgan fingerprint density at radius 1 is 1.18 bits per heavy atom. The summed E-state index contributed by atoms with van der Waals surface area (Å²) in [6, 6.07) is 5.99. The molecule has 0 radical (unpaired) electrons. The van der Waals surface area contributed by atoms with Gasteiger partial charge in [-0.15, -0.1) is 0 Å². The number of ether oxygens (including phenoxy) is 2. The second kappa shape index (κ2) is 7.96. The molecule has 0 saturated carbocycles. The standard InChI is InChI=1S/C14H23NO2/c1-4-8-15-11-12-6-7-13(16-3)10-14(12)17-9-5-2/h6-7,10,15H,4-5,8-9,11H2,1-3H3. The Morgan fingerprint density at radius 3 is 2.65 bits per heavy atom. The smallest absolute Gasteiger partial charge is 0.127 e. The van der Waals surface area contributed by atoms with Gasteiger partial charge in [0.05, 0.1) is 13.7 Å². The third kappa shape index (κ3) is 4.65. The Labute approximate surface area is 104 Å². The Morgan fingerprint density at radius 2 is 2.00 bits per heavy atom. The number of rotatable bonds is 8. The van der Waals surface area contributed by atoms with E-state index in [1.807, 2.05) is 12.1 Å². The molecule has 0 aliphatic heterocycles. The maximum absolute atomic E-state index is 5.74. The van der Waals surface area contributed by atoms with Gasteiger partial charge in [0.1, 0.15) is 11.5 Å². The first-order valence-corrected chi connectivity index (χ1v) is 6.32. The Kier molecular flexibility index (Phi) is 6.48. The first kappa shape index (κ1) is 13.8. The lowest BCUT2D eigenvalue weighted by atomic mass is 10.2. The van der Waals surface area contributed by atoms with E-state index in [2.05, 4.69) is 25.2 Å². The molecule has 0 heterocycles. The van der Waals surface area contributed by atoms with E-state index in [0.717, 1.165) is 44.0 Å². The van der Waals surface area contributed by atoms with Gasteiger partial charge in [0.2, 0.25) is 0 Å². The molecule has 96 valence electrons. The summed E-state index contributed by atoms with van der Waals surface area (Å²) < 4.78 is 11.0. The van der Waals surface area contributed by atoms with E-state index in [0.29, 0.717) is 0 Å². The van der Waals surface area contributed by atoms with Crippen LogP contribution in [0, 0.1) is 0 Å². The minimum atomic E-state index is 0.744. The highest BCUT2D eigenvalue weighted by molar-refractivity contribution is 5.40. The summed E-state index contributed by atoms with van der Waals surface area (Å²) in [7, 11) is 1.67. The molecule has 0 bridgehead atoms. The predicted molar refractivity (Wildman–Crippen MR) is 70.8 cm³/mol. The van der Waals surface area contributed by atoms with E-state index >= 15 is 0 Å². The normalized spacial score (nSPS) is 10.3. The maximum Gasteiger partial charge on any atom is 0.127 e. The summed E-state index contributed by atoms with van der Waals surface area (Å²) in [6.07, 6.45) is 2.15. The van der Waals surface area contributed by atoms with Crippen LogP contribution in [0.25, 0.3) is 0 Å². The lowest BCUT2D eigenvalue weighted by Gasteiger charge is -2.13. The summed E-state index contributed by atoms with van der Waals surface area (Å²) >= 11 is 0. The molecule has 3 nitrogen and oxygen atoms in total. The van der Waals surface area contributed by atoms with Gasteiger partial charge in [-0.1, -0.05) is 19.9 Å². The van der Waals surface area contributed by atoms with Gasteiger partial charge in [-0.2, -0.15) is 0 Å². The van der Waals surface area contributed by atoms with Crippen molar-refractivity contribution >= 4 is 0 Å². The molecule has 1 aromatic rings. The van der Waals surface area contributed by atoms with Gasteiger partial charge in [-0.05, 0) is 25.5 Å². The molecule has 0 aliphatic rings. The Balaban J connectivity index is 2.71. The first-order chi connectivity index (χ1) is 8.31. The SMILES string of the molecule is CCCNCc1ccc(OC)cc1OCCC. The molecule has 0 amide bonds. The molecule has 17 heavy (non-hydrogen) atoms. The van der Waals surface area contributed by atoms with Crippen molar-refractivity contribution in [3.05, 3.63) is 23.8 Å². The highest BCUT2D eigenvalue weighted by Gasteiger charge is 2.05. The van der Waals surface area contributed by atoms with E-state index in [1.54, 1.807) is 7.11 Å². The number of hydrogen-bond donors (Lipinski definition) is 1. The molecule has 0 saturated heterocycles. The number of hydrogen-bond acceptors (Lipinski definition) is 3. The van der Waals surface area contributed by atoms with E-state index < -0.39 is 0 Å². The summed E-state index contributed by atoms with van der Waals surface area (Å²) in [5.74, 6) is 1.77. The van der Waals surface area contributed by atoms with Gasteiger partial charge in [0.25, 0.3) is 0 Å². The second-order valence-electron chi connectivity index (χ2n) is 4.00. The monoisotopic (exact) mass is 237 g/mol. The molecule has 0 atom stereocenters. The number of methoxy groups -OCH3 is 1. The largest absolute Gasteiger partial charge is 0.497 e. The van der Waals surface area contributed by atoms with Crippen LogP contribution < -0.4 is 14.8 Å². The fraction of sp³-hybridized carbons (Fsp3) is 0.571. The third-order valence-electron chi connectivity index (χ3n) is 2.48.